The molecule has 1 rings (SSSR count). The first-order chi connectivity index (χ1) is 6.20. The van der Waals surface area contributed by atoms with Crippen LogP contribution in [0.1, 0.15) is 24.7 Å². The average molecular weight is 199 g/mol. The van der Waals surface area contributed by atoms with Crippen molar-refractivity contribution in [3.05, 3.63) is 17.7 Å². The van der Waals surface area contributed by atoms with E-state index < -0.39 is 0 Å². The summed E-state index contributed by atoms with van der Waals surface area (Å²) in [6.07, 6.45) is 2.82. The van der Waals surface area contributed by atoms with Crippen LogP contribution in [0.15, 0.2) is 6.33 Å². The monoisotopic (exact) mass is 199 g/mol. The molecule has 0 fully saturated rings. The lowest BCUT2D eigenvalue weighted by atomic mass is 10.3. The quantitative estimate of drug-likeness (QED) is 0.709. The molecule has 0 saturated carbocycles. The molecule has 0 aliphatic rings. The second kappa shape index (κ2) is 5.29. The van der Waals surface area contributed by atoms with Gasteiger partial charge in [-0.05, 0) is 26.0 Å². The molecule has 0 aliphatic heterocycles. The molecule has 1 unspecified atom stereocenters. The molecule has 0 aliphatic carbocycles. The van der Waals surface area contributed by atoms with Crippen molar-refractivity contribution in [2.24, 2.45) is 5.73 Å². The summed E-state index contributed by atoms with van der Waals surface area (Å²) in [5.74, 6) is 2.10. The fourth-order valence-electron chi connectivity index (χ4n) is 0.971. The molecule has 0 aromatic carbocycles. The molecule has 0 radical (unpaired) electrons. The Bertz CT molecular complexity index is 245. The Kier molecular flexibility index (Phi) is 4.32. The number of imidazole rings is 1. The number of nitrogens with two attached hydrogens (primary N) is 1. The first-order valence-electron chi connectivity index (χ1n) is 4.52. The summed E-state index contributed by atoms with van der Waals surface area (Å²) in [6.45, 7) is 4.09. The van der Waals surface area contributed by atoms with E-state index in [1.807, 2.05) is 18.7 Å². The zero-order valence-corrected chi connectivity index (χ0v) is 9.03. The summed E-state index contributed by atoms with van der Waals surface area (Å²) in [5.41, 5.74) is 7.98. The first kappa shape index (κ1) is 10.6. The maximum absolute atomic E-state index is 5.65. The Labute approximate surface area is 83.5 Å². The number of rotatable bonds is 5. The predicted octanol–water partition coefficient (Wildman–Crippen LogP) is 1.69. The van der Waals surface area contributed by atoms with Crippen molar-refractivity contribution in [2.75, 3.05) is 5.75 Å². The highest BCUT2D eigenvalue weighted by Gasteiger charge is 2.01. The van der Waals surface area contributed by atoms with Gasteiger partial charge in [-0.1, -0.05) is 0 Å². The van der Waals surface area contributed by atoms with Gasteiger partial charge in [-0.2, -0.15) is 11.8 Å². The molecular weight excluding hydrogens is 182 g/mol. The van der Waals surface area contributed by atoms with Gasteiger partial charge in [0.15, 0.2) is 0 Å². The molecule has 1 aromatic rings. The molecule has 0 bridgehead atoms. The fraction of sp³-hybridized carbons (Fsp3) is 0.667. The third kappa shape index (κ3) is 3.83. The number of hydrogen-bond donors (Lipinski definition) is 2. The predicted molar refractivity (Wildman–Crippen MR) is 57.8 cm³/mol. The van der Waals surface area contributed by atoms with Gasteiger partial charge in [0, 0.05) is 17.5 Å². The highest BCUT2D eigenvalue weighted by Crippen LogP contribution is 2.13. The minimum absolute atomic E-state index is 0.313. The van der Waals surface area contributed by atoms with Crippen LogP contribution in [-0.2, 0) is 5.75 Å². The summed E-state index contributed by atoms with van der Waals surface area (Å²) in [7, 11) is 0. The third-order valence-corrected chi connectivity index (χ3v) is 2.89. The number of H-pyrrole nitrogens is 1. The van der Waals surface area contributed by atoms with E-state index in [1.165, 1.54) is 5.69 Å². The van der Waals surface area contributed by atoms with Crippen molar-refractivity contribution < 1.29 is 0 Å². The molecule has 0 amide bonds. The van der Waals surface area contributed by atoms with Crippen LogP contribution in [0.4, 0.5) is 0 Å². The Morgan fingerprint density at radius 3 is 3.00 bits per heavy atom. The van der Waals surface area contributed by atoms with Crippen LogP contribution in [0.5, 0.6) is 0 Å². The zero-order valence-electron chi connectivity index (χ0n) is 8.21. The van der Waals surface area contributed by atoms with Crippen molar-refractivity contribution in [3.8, 4) is 0 Å². The van der Waals surface area contributed by atoms with E-state index in [1.54, 1.807) is 6.33 Å². The van der Waals surface area contributed by atoms with Crippen LogP contribution in [0.3, 0.4) is 0 Å². The minimum atomic E-state index is 0.313. The molecule has 1 heterocycles. The smallest absolute Gasteiger partial charge is 0.0925 e. The topological polar surface area (TPSA) is 54.7 Å². The van der Waals surface area contributed by atoms with E-state index in [-0.39, 0.29) is 0 Å². The number of thioether (sulfide) groups is 1. The van der Waals surface area contributed by atoms with Crippen LogP contribution in [0, 0.1) is 6.92 Å². The van der Waals surface area contributed by atoms with E-state index in [0.717, 1.165) is 23.6 Å². The Hall–Kier alpha value is -0.480. The Morgan fingerprint density at radius 1 is 1.69 bits per heavy atom. The van der Waals surface area contributed by atoms with Gasteiger partial charge in [-0.15, -0.1) is 0 Å². The van der Waals surface area contributed by atoms with E-state index in [9.17, 15) is 0 Å². The fourth-order valence-corrected chi connectivity index (χ4v) is 2.14. The summed E-state index contributed by atoms with van der Waals surface area (Å²) >= 11 is 1.89. The summed E-state index contributed by atoms with van der Waals surface area (Å²) in [5, 5.41) is 0. The van der Waals surface area contributed by atoms with E-state index in [2.05, 4.69) is 16.9 Å². The van der Waals surface area contributed by atoms with Gasteiger partial charge in [0.05, 0.1) is 12.0 Å². The first-order valence-corrected chi connectivity index (χ1v) is 5.68. The molecule has 74 valence electrons. The maximum Gasteiger partial charge on any atom is 0.0925 e. The lowest BCUT2D eigenvalue weighted by molar-refractivity contribution is 0.721. The normalized spacial score (nSPS) is 13.2. The number of hydrogen-bond acceptors (Lipinski definition) is 3. The van der Waals surface area contributed by atoms with Gasteiger partial charge in [0.2, 0.25) is 0 Å². The second-order valence-corrected chi connectivity index (χ2v) is 4.40. The lowest BCUT2D eigenvalue weighted by Gasteiger charge is -2.03. The van der Waals surface area contributed by atoms with Gasteiger partial charge in [-0.25, -0.2) is 4.98 Å². The number of aromatic nitrogens is 2. The molecule has 1 aromatic heterocycles. The summed E-state index contributed by atoms with van der Waals surface area (Å²) in [6, 6.07) is 0.313. The Balaban J connectivity index is 2.17. The van der Waals surface area contributed by atoms with E-state index >= 15 is 0 Å². The lowest BCUT2D eigenvalue weighted by Crippen LogP contribution is -2.15. The van der Waals surface area contributed by atoms with Gasteiger partial charge >= 0.3 is 0 Å². The molecule has 4 heteroatoms. The standard InChI is InChI=1S/C9H17N3S/c1-7(10)3-4-13-5-9-8(2)11-6-12-9/h6-7H,3-5,10H2,1-2H3,(H,11,12). The summed E-state index contributed by atoms with van der Waals surface area (Å²) < 4.78 is 0. The number of aromatic amines is 1. The third-order valence-electron chi connectivity index (χ3n) is 1.89. The zero-order chi connectivity index (χ0) is 9.68. The SMILES string of the molecule is Cc1[nH]cnc1CSCCC(C)N. The number of nitrogens with one attached hydrogen (secondary N) is 1. The molecular formula is C9H17N3S. The van der Waals surface area contributed by atoms with Gasteiger partial charge in [-0.3, -0.25) is 0 Å². The highest BCUT2D eigenvalue weighted by atomic mass is 32.2. The van der Waals surface area contributed by atoms with Crippen molar-refractivity contribution >= 4 is 11.8 Å². The van der Waals surface area contributed by atoms with Crippen molar-refractivity contribution in [2.45, 2.75) is 32.1 Å². The van der Waals surface area contributed by atoms with E-state index in [0.29, 0.717) is 6.04 Å². The average Bonchev–Trinajstić information content (AvgIpc) is 2.45. The maximum atomic E-state index is 5.65. The van der Waals surface area contributed by atoms with Crippen molar-refractivity contribution in [1.29, 1.82) is 0 Å². The van der Waals surface area contributed by atoms with Crippen LogP contribution >= 0.6 is 11.8 Å². The molecule has 1 atom stereocenters. The number of aryl methyl sites for hydroxylation is 1. The largest absolute Gasteiger partial charge is 0.348 e. The van der Waals surface area contributed by atoms with Crippen molar-refractivity contribution in [3.63, 3.8) is 0 Å². The second-order valence-electron chi connectivity index (χ2n) is 3.29. The van der Waals surface area contributed by atoms with Crippen LogP contribution in [0.2, 0.25) is 0 Å². The Morgan fingerprint density at radius 2 is 2.46 bits per heavy atom. The highest BCUT2D eigenvalue weighted by molar-refractivity contribution is 7.98. The van der Waals surface area contributed by atoms with Gasteiger partial charge in [0.25, 0.3) is 0 Å². The molecule has 13 heavy (non-hydrogen) atoms. The van der Waals surface area contributed by atoms with Crippen LogP contribution in [0.25, 0.3) is 0 Å². The minimum Gasteiger partial charge on any atom is -0.348 e. The van der Waals surface area contributed by atoms with Gasteiger partial charge in [0.1, 0.15) is 0 Å². The summed E-state index contributed by atoms with van der Waals surface area (Å²) in [4.78, 5) is 7.29. The van der Waals surface area contributed by atoms with Crippen LogP contribution in [-0.4, -0.2) is 21.8 Å². The molecule has 3 N–H and O–H groups in total. The molecule has 3 nitrogen and oxygen atoms in total. The van der Waals surface area contributed by atoms with Gasteiger partial charge < -0.3 is 10.7 Å². The molecule has 0 spiro atoms. The van der Waals surface area contributed by atoms with E-state index in [4.69, 9.17) is 5.73 Å². The molecule has 0 saturated heterocycles. The van der Waals surface area contributed by atoms with Crippen LogP contribution < -0.4 is 5.73 Å². The number of nitrogens with zero attached hydrogens (tertiary/aromatic N) is 1. The van der Waals surface area contributed by atoms with Crippen molar-refractivity contribution in [1.82, 2.24) is 9.97 Å².